The van der Waals surface area contributed by atoms with Gasteiger partial charge in [0.15, 0.2) is 33.8 Å². The number of benzene rings is 1. The van der Waals surface area contributed by atoms with Crippen LogP contribution < -0.4 is 22.5 Å². The number of aromatic nitrogens is 10. The normalized spacial score (nSPS) is 11.0. The van der Waals surface area contributed by atoms with Crippen molar-refractivity contribution in [2.45, 2.75) is 13.1 Å². The van der Waals surface area contributed by atoms with Crippen molar-refractivity contribution in [3.05, 3.63) is 66.1 Å². The quantitative estimate of drug-likeness (QED) is 0.196. The molecule has 0 unspecified atom stereocenters. The van der Waals surface area contributed by atoms with Crippen LogP contribution in [0.5, 0.6) is 0 Å². The average Bonchev–Trinajstić information content (AvgIpc) is 3.82. The molecule has 0 aliphatic carbocycles. The molecule has 45 heavy (non-hydrogen) atoms. The van der Waals surface area contributed by atoms with Crippen LogP contribution in [-0.2, 0) is 22.7 Å². The minimum absolute atomic E-state index is 0.0303. The van der Waals surface area contributed by atoms with E-state index in [-0.39, 0.29) is 30.9 Å². The second-order valence-corrected chi connectivity index (χ2v) is 9.62. The number of furan rings is 2. The van der Waals surface area contributed by atoms with Crippen molar-refractivity contribution in [1.29, 1.82) is 0 Å². The molecule has 18 nitrogen and oxygen atoms in total. The standard InChI is InChI=1S/C16H12ClN7O2.C10H9N7O2/c17-9-3-1-4-10(7-9)19-12(25)8-24-15-14(22-23-24)13(20-16(18)21-15)11-5-2-6-26-11;11-6(18)4-17-9-8(15-16-17)7(13-10(12)14-9)5-2-1-3-19-5/h1-7H,8H2,(H,19,25)(H2,18,20,21);1-3H,4H2,(H2,11,18)(H2,12,13,14). The van der Waals surface area contributed by atoms with Gasteiger partial charge < -0.3 is 31.4 Å². The highest BCUT2D eigenvalue weighted by Crippen LogP contribution is 2.26. The molecule has 7 aromatic rings. The minimum Gasteiger partial charge on any atom is -0.463 e. The summed E-state index contributed by atoms with van der Waals surface area (Å²) in [5.74, 6) is 0.179. The van der Waals surface area contributed by atoms with Gasteiger partial charge in [-0.25, -0.2) is 19.3 Å². The van der Waals surface area contributed by atoms with Crippen molar-refractivity contribution in [3.63, 3.8) is 0 Å². The largest absolute Gasteiger partial charge is 0.463 e. The predicted octanol–water partition coefficient (Wildman–Crippen LogP) is 1.90. The Morgan fingerprint density at radius 3 is 1.82 bits per heavy atom. The highest BCUT2D eigenvalue weighted by atomic mass is 35.5. The van der Waals surface area contributed by atoms with Crippen molar-refractivity contribution in [1.82, 2.24) is 49.9 Å². The van der Waals surface area contributed by atoms with Crippen LogP contribution in [0.4, 0.5) is 17.6 Å². The summed E-state index contributed by atoms with van der Waals surface area (Å²) < 4.78 is 13.2. The van der Waals surface area contributed by atoms with Gasteiger partial charge in [-0.15, -0.1) is 10.2 Å². The molecule has 226 valence electrons. The topological polar surface area (TPSA) is 263 Å². The van der Waals surface area contributed by atoms with Crippen molar-refractivity contribution in [2.24, 2.45) is 5.73 Å². The number of hydrogen-bond acceptors (Lipinski definition) is 14. The molecule has 6 heterocycles. The van der Waals surface area contributed by atoms with E-state index in [9.17, 15) is 9.59 Å². The molecule has 7 rings (SSSR count). The Bertz CT molecular complexity index is 2140. The molecular formula is C26H21ClN14O4. The second-order valence-electron chi connectivity index (χ2n) is 9.18. The van der Waals surface area contributed by atoms with E-state index in [1.807, 2.05) is 0 Å². The third kappa shape index (κ3) is 6.20. The first-order chi connectivity index (χ1) is 21.7. The second kappa shape index (κ2) is 12.1. The van der Waals surface area contributed by atoms with E-state index in [1.54, 1.807) is 48.5 Å². The number of fused-ring (bicyclic) bond motifs is 2. The van der Waals surface area contributed by atoms with Gasteiger partial charge in [0.1, 0.15) is 24.5 Å². The summed E-state index contributed by atoms with van der Waals surface area (Å²) in [6, 6.07) is 13.7. The van der Waals surface area contributed by atoms with E-state index < -0.39 is 5.91 Å². The summed E-state index contributed by atoms with van der Waals surface area (Å²) in [5.41, 5.74) is 19.4. The highest BCUT2D eigenvalue weighted by molar-refractivity contribution is 6.30. The first-order valence-corrected chi connectivity index (χ1v) is 13.3. The van der Waals surface area contributed by atoms with Gasteiger partial charge in [-0.2, -0.15) is 9.97 Å². The van der Waals surface area contributed by atoms with E-state index in [1.165, 1.54) is 21.9 Å². The van der Waals surface area contributed by atoms with Crippen LogP contribution >= 0.6 is 11.6 Å². The van der Waals surface area contributed by atoms with Crippen LogP contribution in [0.1, 0.15) is 0 Å². The number of rotatable bonds is 7. The van der Waals surface area contributed by atoms with Gasteiger partial charge in [0, 0.05) is 10.7 Å². The Morgan fingerprint density at radius 1 is 0.778 bits per heavy atom. The molecule has 0 fully saturated rings. The lowest BCUT2D eigenvalue weighted by atomic mass is 10.3. The molecule has 19 heteroatoms. The van der Waals surface area contributed by atoms with Crippen LogP contribution in [0.3, 0.4) is 0 Å². The van der Waals surface area contributed by atoms with Crippen molar-refractivity contribution in [3.8, 4) is 22.9 Å². The maximum absolute atomic E-state index is 12.3. The minimum atomic E-state index is -0.552. The number of amides is 2. The number of halogens is 1. The van der Waals surface area contributed by atoms with Gasteiger partial charge in [0.25, 0.3) is 0 Å². The highest BCUT2D eigenvalue weighted by Gasteiger charge is 2.19. The number of nitrogens with zero attached hydrogens (tertiary/aromatic N) is 10. The SMILES string of the molecule is NC(=O)Cn1nnc2c(-c3ccco3)nc(N)nc21.Nc1nc(-c2ccco2)c2nnn(CC(=O)Nc3cccc(Cl)c3)c2n1. The molecule has 0 saturated carbocycles. The molecular weight excluding hydrogens is 608 g/mol. The fourth-order valence-corrected chi connectivity index (χ4v) is 4.37. The van der Waals surface area contributed by atoms with Gasteiger partial charge >= 0.3 is 0 Å². The smallest absolute Gasteiger partial charge is 0.246 e. The van der Waals surface area contributed by atoms with Crippen LogP contribution in [0.15, 0.2) is 69.9 Å². The summed E-state index contributed by atoms with van der Waals surface area (Å²) in [6.45, 7) is -0.235. The molecule has 7 N–H and O–H groups in total. The van der Waals surface area contributed by atoms with Crippen LogP contribution in [0, 0.1) is 0 Å². The van der Waals surface area contributed by atoms with E-state index in [4.69, 9.17) is 37.6 Å². The Hall–Kier alpha value is -6.43. The third-order valence-electron chi connectivity index (χ3n) is 5.98. The molecule has 0 spiro atoms. The lowest BCUT2D eigenvalue weighted by molar-refractivity contribution is -0.119. The molecule has 6 aromatic heterocycles. The number of carbonyl (C=O) groups is 2. The monoisotopic (exact) mass is 628 g/mol. The molecule has 0 saturated heterocycles. The van der Waals surface area contributed by atoms with Gasteiger partial charge in [0.2, 0.25) is 23.7 Å². The maximum Gasteiger partial charge on any atom is 0.246 e. The fraction of sp³-hybridized carbons (Fsp3) is 0.0769. The summed E-state index contributed by atoms with van der Waals surface area (Å²) in [4.78, 5) is 39.6. The van der Waals surface area contributed by atoms with Crippen molar-refractivity contribution >= 4 is 63.3 Å². The summed E-state index contributed by atoms with van der Waals surface area (Å²) in [5, 5.41) is 19.1. The first-order valence-electron chi connectivity index (χ1n) is 12.9. The molecule has 0 radical (unpaired) electrons. The lowest BCUT2D eigenvalue weighted by Crippen LogP contribution is -2.20. The molecule has 0 atom stereocenters. The number of nitrogens with two attached hydrogens (primary N) is 3. The number of hydrogen-bond donors (Lipinski definition) is 4. The zero-order chi connectivity index (χ0) is 31.5. The molecule has 0 bridgehead atoms. The Balaban J connectivity index is 0.000000167. The Labute approximate surface area is 256 Å². The molecule has 0 aliphatic heterocycles. The van der Waals surface area contributed by atoms with Gasteiger partial charge in [-0.1, -0.05) is 28.1 Å². The number of nitrogen functional groups attached to an aromatic ring is 2. The summed E-state index contributed by atoms with van der Waals surface area (Å²) in [6.07, 6.45) is 3.02. The molecule has 2 amide bonds. The molecule has 0 aliphatic rings. The zero-order valence-corrected chi connectivity index (χ0v) is 23.7. The van der Waals surface area contributed by atoms with Crippen LogP contribution in [0.25, 0.3) is 45.2 Å². The first kappa shape index (κ1) is 28.7. The van der Waals surface area contributed by atoms with Gasteiger partial charge in [-0.05, 0) is 42.5 Å². The maximum atomic E-state index is 12.3. The van der Waals surface area contributed by atoms with E-state index in [2.05, 4.69) is 45.9 Å². The number of anilines is 3. The predicted molar refractivity (Wildman–Crippen MR) is 160 cm³/mol. The zero-order valence-electron chi connectivity index (χ0n) is 22.9. The summed E-state index contributed by atoms with van der Waals surface area (Å²) in [7, 11) is 0. The fourth-order valence-electron chi connectivity index (χ4n) is 4.18. The van der Waals surface area contributed by atoms with Crippen LogP contribution in [0.2, 0.25) is 5.02 Å². The number of carbonyl (C=O) groups excluding carboxylic acids is 2. The number of primary amides is 1. The van der Waals surface area contributed by atoms with E-state index >= 15 is 0 Å². The van der Waals surface area contributed by atoms with Gasteiger partial charge in [0.05, 0.1) is 12.5 Å². The van der Waals surface area contributed by atoms with Crippen LogP contribution in [-0.4, -0.2) is 61.7 Å². The molecule has 1 aromatic carbocycles. The van der Waals surface area contributed by atoms with Gasteiger partial charge in [-0.3, -0.25) is 9.59 Å². The summed E-state index contributed by atoms with van der Waals surface area (Å²) >= 11 is 5.91. The average molecular weight is 629 g/mol. The van der Waals surface area contributed by atoms with E-state index in [0.717, 1.165) is 0 Å². The van der Waals surface area contributed by atoms with E-state index in [0.29, 0.717) is 55.9 Å². The third-order valence-corrected chi connectivity index (χ3v) is 6.21. The van der Waals surface area contributed by atoms with Crippen molar-refractivity contribution < 1.29 is 18.4 Å². The Morgan fingerprint density at radius 2 is 1.33 bits per heavy atom. The van der Waals surface area contributed by atoms with Crippen molar-refractivity contribution in [2.75, 3.05) is 16.8 Å². The number of nitrogens with one attached hydrogen (secondary N) is 1. The lowest BCUT2D eigenvalue weighted by Gasteiger charge is -2.06. The Kier molecular flexibility index (Phi) is 7.68.